The van der Waals surface area contributed by atoms with Gasteiger partial charge in [0, 0.05) is 37.0 Å². The van der Waals surface area contributed by atoms with Crippen LogP contribution in [0, 0.1) is 17.3 Å². The Labute approximate surface area is 145 Å². The smallest absolute Gasteiger partial charge is 0.226 e. The first kappa shape index (κ1) is 16.2. The van der Waals surface area contributed by atoms with E-state index in [1.54, 1.807) is 0 Å². The Morgan fingerprint density at radius 1 is 1.17 bits per heavy atom. The lowest BCUT2D eigenvalue weighted by atomic mass is 9.76. The number of fused-ring (bicyclic) bond motifs is 1. The molecule has 4 aliphatic rings. The predicted molar refractivity (Wildman–Crippen MR) is 93.0 cm³/mol. The Kier molecular flexibility index (Phi) is 4.40. The van der Waals surface area contributed by atoms with Gasteiger partial charge in [0.2, 0.25) is 11.8 Å². The van der Waals surface area contributed by atoms with Crippen molar-refractivity contribution in [3.63, 3.8) is 0 Å². The molecule has 1 saturated heterocycles. The number of nitrogens with one attached hydrogen (secondary N) is 1. The highest BCUT2D eigenvalue weighted by Gasteiger charge is 2.46. The highest BCUT2D eigenvalue weighted by atomic mass is 16.2. The van der Waals surface area contributed by atoms with Crippen molar-refractivity contribution < 1.29 is 9.59 Å². The summed E-state index contributed by atoms with van der Waals surface area (Å²) in [6.45, 7) is 1.63. The topological polar surface area (TPSA) is 49.4 Å². The second-order valence-electron chi connectivity index (χ2n) is 8.49. The lowest BCUT2D eigenvalue weighted by Gasteiger charge is -2.43. The molecule has 2 amide bonds. The summed E-state index contributed by atoms with van der Waals surface area (Å²) in [6, 6.07) is 0. The minimum atomic E-state index is 0.0220. The molecular weight excluding hydrogens is 300 g/mol. The van der Waals surface area contributed by atoms with Gasteiger partial charge < -0.3 is 10.2 Å². The van der Waals surface area contributed by atoms with Gasteiger partial charge in [0.05, 0.1) is 0 Å². The molecule has 2 saturated carbocycles. The molecule has 0 aromatic rings. The molecule has 4 rings (SSSR count). The molecule has 1 atom stereocenters. The molecule has 3 fully saturated rings. The van der Waals surface area contributed by atoms with Crippen molar-refractivity contribution in [2.24, 2.45) is 17.3 Å². The normalized spacial score (nSPS) is 30.4. The number of piperidine rings is 1. The number of nitrogens with zero attached hydrogens (tertiary/aromatic N) is 1. The summed E-state index contributed by atoms with van der Waals surface area (Å²) in [7, 11) is 0. The Hall–Kier alpha value is -1.32. The minimum absolute atomic E-state index is 0.0220. The number of hydrogen-bond acceptors (Lipinski definition) is 2. The third-order valence-corrected chi connectivity index (χ3v) is 6.62. The SMILES string of the molecule is O=C(CC1CCCC1)NCC12CCC=C1N(CC1CC1)C(=O)CC2. The zero-order valence-electron chi connectivity index (χ0n) is 14.7. The van der Waals surface area contributed by atoms with Gasteiger partial charge in [-0.05, 0) is 56.8 Å². The number of carbonyl (C=O) groups is 2. The average molecular weight is 330 g/mol. The summed E-state index contributed by atoms with van der Waals surface area (Å²) in [4.78, 5) is 26.8. The Morgan fingerprint density at radius 2 is 1.96 bits per heavy atom. The van der Waals surface area contributed by atoms with Crippen molar-refractivity contribution in [3.05, 3.63) is 11.8 Å². The van der Waals surface area contributed by atoms with Gasteiger partial charge >= 0.3 is 0 Å². The van der Waals surface area contributed by atoms with Gasteiger partial charge in [-0.1, -0.05) is 18.9 Å². The van der Waals surface area contributed by atoms with E-state index in [2.05, 4.69) is 16.3 Å². The lowest BCUT2D eigenvalue weighted by molar-refractivity contribution is -0.133. The predicted octanol–water partition coefficient (Wildman–Crippen LogP) is 3.38. The van der Waals surface area contributed by atoms with Gasteiger partial charge in [0.1, 0.15) is 0 Å². The molecule has 0 radical (unpaired) electrons. The largest absolute Gasteiger partial charge is 0.355 e. The molecule has 1 aliphatic heterocycles. The Morgan fingerprint density at radius 3 is 2.71 bits per heavy atom. The zero-order valence-corrected chi connectivity index (χ0v) is 14.7. The Bertz CT molecular complexity index is 546. The number of hydrogen-bond donors (Lipinski definition) is 1. The molecule has 24 heavy (non-hydrogen) atoms. The fourth-order valence-corrected chi connectivity index (χ4v) is 4.94. The van der Waals surface area contributed by atoms with Gasteiger partial charge in [-0.3, -0.25) is 9.59 Å². The van der Waals surface area contributed by atoms with Crippen LogP contribution in [0.25, 0.3) is 0 Å². The summed E-state index contributed by atoms with van der Waals surface area (Å²) >= 11 is 0. The van der Waals surface area contributed by atoms with Crippen LogP contribution in [-0.2, 0) is 9.59 Å². The van der Waals surface area contributed by atoms with Crippen LogP contribution in [0.1, 0.15) is 70.6 Å². The molecule has 1 unspecified atom stereocenters. The number of carbonyl (C=O) groups excluding carboxylic acids is 2. The molecule has 0 bridgehead atoms. The second-order valence-corrected chi connectivity index (χ2v) is 8.49. The van der Waals surface area contributed by atoms with E-state index in [9.17, 15) is 9.59 Å². The van der Waals surface area contributed by atoms with E-state index in [1.165, 1.54) is 44.2 Å². The zero-order chi connectivity index (χ0) is 16.6. The quantitative estimate of drug-likeness (QED) is 0.811. The molecule has 0 aromatic carbocycles. The maximum atomic E-state index is 12.4. The van der Waals surface area contributed by atoms with Crippen LogP contribution in [0.4, 0.5) is 0 Å². The van der Waals surface area contributed by atoms with Gasteiger partial charge in [-0.15, -0.1) is 0 Å². The first-order valence-electron chi connectivity index (χ1n) is 9.94. The standard InChI is InChI=1S/C20H30N2O2/c23-18(12-15-4-1-2-5-15)21-14-20-10-3-6-17(20)22(13-16-7-8-16)19(24)9-11-20/h6,15-16H,1-5,7-14H2,(H,21,23). The summed E-state index contributed by atoms with van der Waals surface area (Å²) in [5.74, 6) is 1.82. The van der Waals surface area contributed by atoms with E-state index in [0.29, 0.717) is 30.6 Å². The molecule has 1 N–H and O–H groups in total. The van der Waals surface area contributed by atoms with E-state index in [4.69, 9.17) is 0 Å². The van der Waals surface area contributed by atoms with Crippen molar-refractivity contribution in [2.75, 3.05) is 13.1 Å². The van der Waals surface area contributed by atoms with Gasteiger partial charge in [-0.25, -0.2) is 0 Å². The number of rotatable bonds is 6. The molecular formula is C20H30N2O2. The van der Waals surface area contributed by atoms with Crippen LogP contribution in [0.3, 0.4) is 0 Å². The average Bonchev–Trinajstić information content (AvgIpc) is 3.07. The summed E-state index contributed by atoms with van der Waals surface area (Å²) < 4.78 is 0. The van der Waals surface area contributed by atoms with Gasteiger partial charge in [0.15, 0.2) is 0 Å². The van der Waals surface area contributed by atoms with E-state index in [-0.39, 0.29) is 11.3 Å². The van der Waals surface area contributed by atoms with Crippen LogP contribution in [0.15, 0.2) is 11.8 Å². The minimum Gasteiger partial charge on any atom is -0.355 e. The molecule has 0 spiro atoms. The highest BCUT2D eigenvalue weighted by molar-refractivity contribution is 5.80. The van der Waals surface area contributed by atoms with Gasteiger partial charge in [0.25, 0.3) is 0 Å². The van der Waals surface area contributed by atoms with Crippen LogP contribution >= 0.6 is 0 Å². The van der Waals surface area contributed by atoms with Crippen LogP contribution in [0.5, 0.6) is 0 Å². The van der Waals surface area contributed by atoms with Crippen molar-refractivity contribution in [2.45, 2.75) is 70.6 Å². The maximum Gasteiger partial charge on any atom is 0.226 e. The second kappa shape index (κ2) is 6.53. The number of allylic oxidation sites excluding steroid dienone is 1. The van der Waals surface area contributed by atoms with Crippen LogP contribution < -0.4 is 5.32 Å². The van der Waals surface area contributed by atoms with Crippen molar-refractivity contribution in [1.82, 2.24) is 10.2 Å². The van der Waals surface area contributed by atoms with Crippen molar-refractivity contribution in [1.29, 1.82) is 0 Å². The monoisotopic (exact) mass is 330 g/mol. The highest BCUT2D eigenvalue weighted by Crippen LogP contribution is 2.48. The third-order valence-electron chi connectivity index (χ3n) is 6.62. The lowest BCUT2D eigenvalue weighted by Crippen LogP contribution is -2.48. The molecule has 4 nitrogen and oxygen atoms in total. The van der Waals surface area contributed by atoms with E-state index >= 15 is 0 Å². The molecule has 132 valence electrons. The molecule has 4 heteroatoms. The van der Waals surface area contributed by atoms with E-state index < -0.39 is 0 Å². The van der Waals surface area contributed by atoms with Crippen LogP contribution in [-0.4, -0.2) is 29.8 Å². The molecule has 0 aromatic heterocycles. The third kappa shape index (κ3) is 3.25. The van der Waals surface area contributed by atoms with Crippen molar-refractivity contribution in [3.8, 4) is 0 Å². The number of amides is 2. The summed E-state index contributed by atoms with van der Waals surface area (Å²) in [5.41, 5.74) is 1.25. The first-order chi connectivity index (χ1) is 11.7. The molecule has 3 aliphatic carbocycles. The van der Waals surface area contributed by atoms with E-state index in [0.717, 1.165) is 32.4 Å². The number of likely N-dealkylation sites (tertiary alicyclic amines) is 1. The fraction of sp³-hybridized carbons (Fsp3) is 0.800. The summed E-state index contributed by atoms with van der Waals surface area (Å²) in [6.07, 6.45) is 14.2. The molecule has 1 heterocycles. The summed E-state index contributed by atoms with van der Waals surface area (Å²) in [5, 5.41) is 3.23. The maximum absolute atomic E-state index is 12.4. The van der Waals surface area contributed by atoms with Crippen LogP contribution in [0.2, 0.25) is 0 Å². The fourth-order valence-electron chi connectivity index (χ4n) is 4.94. The first-order valence-corrected chi connectivity index (χ1v) is 9.94. The Balaban J connectivity index is 1.38. The van der Waals surface area contributed by atoms with Crippen molar-refractivity contribution >= 4 is 11.8 Å². The van der Waals surface area contributed by atoms with Gasteiger partial charge in [-0.2, -0.15) is 0 Å². The van der Waals surface area contributed by atoms with E-state index in [1.807, 2.05) is 0 Å².